The minimum Gasteiger partial charge on any atom is -0.381 e. The zero-order chi connectivity index (χ0) is 17.6. The lowest BCUT2D eigenvalue weighted by Gasteiger charge is -2.26. The normalized spacial score (nSPS) is 21.1. The van der Waals surface area contributed by atoms with Crippen LogP contribution in [0.2, 0.25) is 10.0 Å². The van der Waals surface area contributed by atoms with Gasteiger partial charge in [-0.05, 0) is 37.5 Å². The van der Waals surface area contributed by atoms with E-state index in [-0.39, 0.29) is 16.9 Å². The molecule has 0 saturated carbocycles. The number of aromatic amines is 1. The van der Waals surface area contributed by atoms with Gasteiger partial charge in [0.15, 0.2) is 5.82 Å². The molecule has 5 nitrogen and oxygen atoms in total. The van der Waals surface area contributed by atoms with Crippen molar-refractivity contribution in [3.8, 4) is 0 Å². The van der Waals surface area contributed by atoms with Crippen LogP contribution in [0.3, 0.4) is 0 Å². The first-order chi connectivity index (χ1) is 12.0. The molecule has 0 aliphatic carbocycles. The van der Waals surface area contributed by atoms with Gasteiger partial charge in [-0.2, -0.15) is 0 Å². The van der Waals surface area contributed by atoms with Gasteiger partial charge in [0.2, 0.25) is 0 Å². The molecule has 0 radical (unpaired) electrons. The smallest absolute Gasteiger partial charge is 0.271 e. The molecule has 132 valence electrons. The molecule has 1 aromatic heterocycles. The van der Waals surface area contributed by atoms with Gasteiger partial charge in [0.25, 0.3) is 5.56 Å². The lowest BCUT2D eigenvalue weighted by molar-refractivity contribution is 0.0666. The number of nitrogens with one attached hydrogen (secondary N) is 1. The molecule has 1 fully saturated rings. The summed E-state index contributed by atoms with van der Waals surface area (Å²) < 4.78 is 7.35. The lowest BCUT2D eigenvalue weighted by atomic mass is 10.1. The van der Waals surface area contributed by atoms with Crippen molar-refractivity contribution in [3.05, 3.63) is 49.7 Å². The van der Waals surface area contributed by atoms with Crippen LogP contribution >= 0.6 is 35.0 Å². The SMILES string of the molecule is CC1=Nc2c(c(=O)[nH]n2C2CCOCC2)[C@H](c2ccc(Cl)cc2Cl)S1. The fourth-order valence-electron chi connectivity index (χ4n) is 3.35. The highest BCUT2D eigenvalue weighted by atomic mass is 35.5. The van der Waals surface area contributed by atoms with Crippen LogP contribution in [0, 0.1) is 0 Å². The summed E-state index contributed by atoms with van der Waals surface area (Å²) in [6.07, 6.45) is 1.73. The first-order valence-corrected chi connectivity index (χ1v) is 9.77. The van der Waals surface area contributed by atoms with E-state index in [4.69, 9.17) is 27.9 Å². The van der Waals surface area contributed by atoms with Crippen LogP contribution in [0.25, 0.3) is 0 Å². The van der Waals surface area contributed by atoms with Gasteiger partial charge in [-0.25, -0.2) is 4.99 Å². The van der Waals surface area contributed by atoms with Crippen molar-refractivity contribution in [1.29, 1.82) is 0 Å². The molecule has 2 aromatic rings. The summed E-state index contributed by atoms with van der Waals surface area (Å²) in [5, 5.41) is 4.84. The van der Waals surface area contributed by atoms with Crippen LogP contribution in [0.5, 0.6) is 0 Å². The van der Waals surface area contributed by atoms with E-state index in [1.54, 1.807) is 23.9 Å². The number of hydrogen-bond donors (Lipinski definition) is 1. The Morgan fingerprint density at radius 1 is 1.32 bits per heavy atom. The highest BCUT2D eigenvalue weighted by Crippen LogP contribution is 2.46. The molecule has 0 unspecified atom stereocenters. The Kier molecular flexibility index (Phi) is 4.71. The van der Waals surface area contributed by atoms with E-state index in [9.17, 15) is 4.79 Å². The number of aliphatic imine (C=N–C) groups is 1. The summed E-state index contributed by atoms with van der Waals surface area (Å²) in [4.78, 5) is 17.4. The van der Waals surface area contributed by atoms with E-state index >= 15 is 0 Å². The highest BCUT2D eigenvalue weighted by Gasteiger charge is 2.33. The van der Waals surface area contributed by atoms with Crippen LogP contribution in [-0.4, -0.2) is 28.0 Å². The van der Waals surface area contributed by atoms with Gasteiger partial charge in [0.05, 0.1) is 21.9 Å². The lowest BCUT2D eigenvalue weighted by Crippen LogP contribution is -2.21. The highest BCUT2D eigenvalue weighted by molar-refractivity contribution is 8.14. The number of benzene rings is 1. The Morgan fingerprint density at radius 2 is 2.08 bits per heavy atom. The van der Waals surface area contributed by atoms with E-state index in [1.807, 2.05) is 17.7 Å². The zero-order valence-electron chi connectivity index (χ0n) is 13.6. The first kappa shape index (κ1) is 17.2. The average molecular weight is 398 g/mol. The van der Waals surface area contributed by atoms with Crippen LogP contribution in [-0.2, 0) is 4.74 Å². The van der Waals surface area contributed by atoms with Crippen molar-refractivity contribution in [2.24, 2.45) is 4.99 Å². The monoisotopic (exact) mass is 397 g/mol. The molecule has 0 spiro atoms. The third kappa shape index (κ3) is 3.16. The fraction of sp³-hybridized carbons (Fsp3) is 0.412. The second-order valence-electron chi connectivity index (χ2n) is 6.19. The van der Waals surface area contributed by atoms with Crippen LogP contribution < -0.4 is 5.56 Å². The quantitative estimate of drug-likeness (QED) is 0.796. The van der Waals surface area contributed by atoms with E-state index in [2.05, 4.69) is 10.1 Å². The van der Waals surface area contributed by atoms with E-state index in [0.29, 0.717) is 34.6 Å². The van der Waals surface area contributed by atoms with E-state index in [1.165, 1.54) is 0 Å². The molecular weight excluding hydrogens is 381 g/mol. The summed E-state index contributed by atoms with van der Waals surface area (Å²) in [5.74, 6) is 0.712. The summed E-state index contributed by atoms with van der Waals surface area (Å²) in [7, 11) is 0. The number of H-pyrrole nitrogens is 1. The number of hydrogen-bond acceptors (Lipinski definition) is 4. The van der Waals surface area contributed by atoms with Crippen molar-refractivity contribution in [2.75, 3.05) is 13.2 Å². The Morgan fingerprint density at radius 3 is 2.80 bits per heavy atom. The number of aromatic nitrogens is 2. The molecule has 2 aliphatic heterocycles. The third-order valence-corrected chi connectivity index (χ3v) is 6.27. The molecule has 25 heavy (non-hydrogen) atoms. The predicted molar refractivity (Wildman–Crippen MR) is 103 cm³/mol. The molecule has 2 aliphatic rings. The summed E-state index contributed by atoms with van der Waals surface area (Å²) in [5.41, 5.74) is 1.43. The summed E-state index contributed by atoms with van der Waals surface area (Å²) in [6.45, 7) is 3.35. The fourth-order valence-corrected chi connectivity index (χ4v) is 5.08. The molecule has 1 N–H and O–H groups in total. The minimum absolute atomic E-state index is 0.110. The minimum atomic E-state index is -0.192. The molecule has 1 saturated heterocycles. The van der Waals surface area contributed by atoms with E-state index in [0.717, 1.165) is 23.4 Å². The van der Waals surface area contributed by atoms with E-state index < -0.39 is 0 Å². The Labute approximate surface area is 159 Å². The number of halogens is 2. The largest absolute Gasteiger partial charge is 0.381 e. The van der Waals surface area contributed by atoms with Gasteiger partial charge >= 0.3 is 0 Å². The zero-order valence-corrected chi connectivity index (χ0v) is 15.9. The van der Waals surface area contributed by atoms with Gasteiger partial charge in [0, 0.05) is 23.3 Å². The molecule has 1 atom stereocenters. The number of rotatable bonds is 2. The number of thioether (sulfide) groups is 1. The Hall–Kier alpha value is -1.21. The van der Waals surface area contributed by atoms with Gasteiger partial charge in [-0.1, -0.05) is 41.0 Å². The Balaban J connectivity index is 1.83. The topological polar surface area (TPSA) is 59.4 Å². The molecule has 3 heterocycles. The van der Waals surface area contributed by atoms with Crippen molar-refractivity contribution in [3.63, 3.8) is 0 Å². The van der Waals surface area contributed by atoms with Gasteiger partial charge < -0.3 is 4.74 Å². The molecular formula is C17H17Cl2N3O2S. The maximum absolute atomic E-state index is 12.7. The summed E-state index contributed by atoms with van der Waals surface area (Å²) in [6, 6.07) is 5.60. The third-order valence-electron chi connectivity index (χ3n) is 4.55. The number of nitrogens with zero attached hydrogens (tertiary/aromatic N) is 2. The van der Waals surface area contributed by atoms with Crippen molar-refractivity contribution >= 4 is 45.8 Å². The standard InChI is InChI=1S/C17H17Cl2N3O2S/c1-9-20-16-14(15(25-9)12-3-2-10(18)8-13(12)19)17(23)21-22(16)11-4-6-24-7-5-11/h2-3,8,11,15H,4-7H2,1H3,(H,21,23)/t15-/m0/s1. The summed E-state index contributed by atoms with van der Waals surface area (Å²) >= 11 is 14.0. The molecule has 1 aromatic carbocycles. The van der Waals surface area contributed by atoms with Gasteiger partial charge in [0.1, 0.15) is 0 Å². The second kappa shape index (κ2) is 6.83. The van der Waals surface area contributed by atoms with Crippen molar-refractivity contribution in [1.82, 2.24) is 9.78 Å². The average Bonchev–Trinajstić information content (AvgIpc) is 2.92. The van der Waals surface area contributed by atoms with Crippen molar-refractivity contribution < 1.29 is 4.74 Å². The van der Waals surface area contributed by atoms with Gasteiger partial charge in [-0.3, -0.25) is 14.6 Å². The Bertz CT molecular complexity index is 900. The number of fused-ring (bicyclic) bond motifs is 1. The van der Waals surface area contributed by atoms with Crippen LogP contribution in [0.15, 0.2) is 28.0 Å². The second-order valence-corrected chi connectivity index (χ2v) is 8.33. The van der Waals surface area contributed by atoms with Crippen LogP contribution in [0.4, 0.5) is 5.82 Å². The molecule has 0 amide bonds. The maximum atomic E-state index is 12.7. The van der Waals surface area contributed by atoms with Crippen LogP contribution in [0.1, 0.15) is 42.2 Å². The first-order valence-electron chi connectivity index (χ1n) is 8.13. The van der Waals surface area contributed by atoms with Gasteiger partial charge in [-0.15, -0.1) is 0 Å². The van der Waals surface area contributed by atoms with Crippen molar-refractivity contribution in [2.45, 2.75) is 31.1 Å². The molecule has 4 rings (SSSR count). The molecule has 8 heteroatoms. The maximum Gasteiger partial charge on any atom is 0.271 e. The molecule has 0 bridgehead atoms. The predicted octanol–water partition coefficient (Wildman–Crippen LogP) is 4.72. The number of ether oxygens (including phenoxy) is 1.